The molecule has 1 amide bonds. The molecule has 0 unspecified atom stereocenters. The second-order valence-corrected chi connectivity index (χ2v) is 4.08. The smallest absolute Gasteiger partial charge is 0.334 e. The normalized spacial score (nSPS) is 16.2. The maximum absolute atomic E-state index is 13.4. The number of aromatic nitrogens is 1. The first-order valence-corrected chi connectivity index (χ1v) is 5.54. The van der Waals surface area contributed by atoms with Crippen molar-refractivity contribution in [1.82, 2.24) is 9.88 Å². The van der Waals surface area contributed by atoms with Crippen LogP contribution in [0.15, 0.2) is 30.1 Å². The van der Waals surface area contributed by atoms with Gasteiger partial charge in [0.2, 0.25) is 0 Å². The van der Waals surface area contributed by atoms with Crippen LogP contribution in [0, 0.1) is 5.82 Å². The fourth-order valence-corrected chi connectivity index (χ4v) is 1.83. The fourth-order valence-electron chi connectivity index (χ4n) is 1.83. The Bertz CT molecular complexity index is 525. The molecule has 3 nitrogen and oxygen atoms in total. The molecule has 0 aromatic carbocycles. The summed E-state index contributed by atoms with van der Waals surface area (Å²) in [6.07, 6.45) is -1.52. The summed E-state index contributed by atoms with van der Waals surface area (Å²) in [5, 5.41) is 0. The average Bonchev–Trinajstić information content (AvgIpc) is 2.38. The maximum Gasteiger partial charge on any atom is 0.412 e. The second kappa shape index (κ2) is 4.99. The van der Waals surface area contributed by atoms with Crippen LogP contribution in [-0.2, 0) is 0 Å². The Morgan fingerprint density at radius 2 is 2.11 bits per heavy atom. The van der Waals surface area contributed by atoms with Crippen LogP contribution < -0.4 is 0 Å². The lowest BCUT2D eigenvalue weighted by molar-refractivity contribution is -0.0957. The minimum Gasteiger partial charge on any atom is -0.334 e. The first-order chi connectivity index (χ1) is 8.89. The van der Waals surface area contributed by atoms with Gasteiger partial charge in [-0.05, 0) is 12.5 Å². The Morgan fingerprint density at radius 1 is 1.37 bits per heavy atom. The van der Waals surface area contributed by atoms with Gasteiger partial charge < -0.3 is 4.90 Å². The lowest BCUT2D eigenvalue weighted by Gasteiger charge is -2.27. The number of carbonyl (C=O) groups excluding carboxylic acids is 1. The van der Waals surface area contributed by atoms with Crippen LogP contribution in [0.5, 0.6) is 0 Å². The Hall–Kier alpha value is -1.92. The third-order valence-electron chi connectivity index (χ3n) is 2.86. The number of hydrogen-bond acceptors (Lipinski definition) is 2. The first kappa shape index (κ1) is 13.5. The van der Waals surface area contributed by atoms with Crippen molar-refractivity contribution in [3.8, 4) is 0 Å². The van der Waals surface area contributed by atoms with Crippen LogP contribution in [-0.4, -0.2) is 35.1 Å². The molecule has 0 atom stereocenters. The molecule has 1 aliphatic heterocycles. The largest absolute Gasteiger partial charge is 0.412 e. The molecule has 0 fully saturated rings. The van der Waals surface area contributed by atoms with Gasteiger partial charge in [0.1, 0.15) is 0 Å². The van der Waals surface area contributed by atoms with Gasteiger partial charge in [-0.15, -0.1) is 0 Å². The molecule has 0 radical (unpaired) electrons. The van der Waals surface area contributed by atoms with E-state index in [1.54, 1.807) is 0 Å². The number of amides is 1. The van der Waals surface area contributed by atoms with Crippen molar-refractivity contribution >= 4 is 5.91 Å². The predicted octanol–water partition coefficient (Wildman–Crippen LogP) is 2.56. The van der Waals surface area contributed by atoms with Crippen LogP contribution in [0.4, 0.5) is 17.6 Å². The third kappa shape index (κ3) is 2.91. The van der Waals surface area contributed by atoms with Crippen molar-refractivity contribution in [2.75, 3.05) is 13.1 Å². The number of carbonyl (C=O) groups is 1. The van der Waals surface area contributed by atoms with Crippen molar-refractivity contribution in [2.24, 2.45) is 0 Å². The number of nitrogens with zero attached hydrogens (tertiary/aromatic N) is 2. The molecule has 19 heavy (non-hydrogen) atoms. The van der Waals surface area contributed by atoms with Crippen LogP contribution in [0.2, 0.25) is 0 Å². The first-order valence-electron chi connectivity index (χ1n) is 5.54. The van der Waals surface area contributed by atoms with Gasteiger partial charge in [-0.1, -0.05) is 6.08 Å². The molecule has 2 rings (SSSR count). The van der Waals surface area contributed by atoms with Crippen molar-refractivity contribution in [3.05, 3.63) is 41.5 Å². The monoisotopic (exact) mass is 274 g/mol. The average molecular weight is 274 g/mol. The summed E-state index contributed by atoms with van der Waals surface area (Å²) < 4.78 is 50.6. The minimum atomic E-state index is -4.36. The lowest BCUT2D eigenvalue weighted by Crippen LogP contribution is -2.37. The summed E-state index contributed by atoms with van der Waals surface area (Å²) in [4.78, 5) is 16.6. The topological polar surface area (TPSA) is 33.2 Å². The number of pyridine rings is 1. The van der Waals surface area contributed by atoms with Crippen molar-refractivity contribution < 1.29 is 22.4 Å². The molecule has 1 aliphatic rings. The lowest BCUT2D eigenvalue weighted by atomic mass is 10.1. The molecule has 102 valence electrons. The molecular weight excluding hydrogens is 264 g/mol. The van der Waals surface area contributed by atoms with E-state index in [2.05, 4.69) is 4.98 Å². The molecule has 0 N–H and O–H groups in total. The Morgan fingerprint density at radius 3 is 2.63 bits per heavy atom. The molecule has 7 heteroatoms. The van der Waals surface area contributed by atoms with Crippen molar-refractivity contribution in [2.45, 2.75) is 12.6 Å². The molecule has 1 aromatic rings. The number of alkyl halides is 3. The number of rotatable bonds is 1. The Kier molecular flexibility index (Phi) is 3.55. The predicted molar refractivity (Wildman–Crippen MR) is 58.9 cm³/mol. The molecule has 0 aliphatic carbocycles. The molecule has 0 bridgehead atoms. The van der Waals surface area contributed by atoms with Gasteiger partial charge in [-0.2, -0.15) is 13.2 Å². The molecule has 0 saturated heterocycles. The summed E-state index contributed by atoms with van der Waals surface area (Å²) in [6, 6.07) is 1.21. The SMILES string of the molecule is O=C(c1ccncc1F)N1CC=C(C(F)(F)F)CC1. The van der Waals surface area contributed by atoms with E-state index in [-0.39, 0.29) is 25.1 Å². The molecular formula is C12H10F4N2O. The molecule has 1 aromatic heterocycles. The van der Waals surface area contributed by atoms with Crippen molar-refractivity contribution in [3.63, 3.8) is 0 Å². The van der Waals surface area contributed by atoms with Crippen LogP contribution >= 0.6 is 0 Å². The van der Waals surface area contributed by atoms with Crippen LogP contribution in [0.25, 0.3) is 0 Å². The summed E-state index contributed by atoms with van der Waals surface area (Å²) in [7, 11) is 0. The quantitative estimate of drug-likeness (QED) is 0.582. The van der Waals surface area contributed by atoms with Crippen molar-refractivity contribution in [1.29, 1.82) is 0 Å². The third-order valence-corrected chi connectivity index (χ3v) is 2.86. The zero-order valence-electron chi connectivity index (χ0n) is 9.75. The van der Waals surface area contributed by atoms with Gasteiger partial charge >= 0.3 is 6.18 Å². The Labute approximate surface area is 106 Å². The number of halogens is 4. The standard InChI is InChI=1S/C12H10F4N2O/c13-10-7-17-4-1-9(10)11(19)18-5-2-8(3-6-18)12(14,15)16/h1-2,4,7H,3,5-6H2. The van der Waals surface area contributed by atoms with E-state index >= 15 is 0 Å². The summed E-state index contributed by atoms with van der Waals surface area (Å²) >= 11 is 0. The molecule has 2 heterocycles. The van der Waals surface area contributed by atoms with Gasteiger partial charge in [0.25, 0.3) is 5.91 Å². The van der Waals surface area contributed by atoms with Gasteiger partial charge in [0, 0.05) is 24.9 Å². The Balaban J connectivity index is 2.13. The fraction of sp³-hybridized carbons (Fsp3) is 0.333. The van der Waals surface area contributed by atoms with Gasteiger partial charge in [0.05, 0.1) is 11.8 Å². The van der Waals surface area contributed by atoms with E-state index in [1.165, 1.54) is 17.2 Å². The minimum absolute atomic E-state index is 0.0774. The van der Waals surface area contributed by atoms with Gasteiger partial charge in [-0.25, -0.2) is 4.39 Å². The maximum atomic E-state index is 13.4. The zero-order valence-corrected chi connectivity index (χ0v) is 9.75. The van der Waals surface area contributed by atoms with Gasteiger partial charge in [-0.3, -0.25) is 9.78 Å². The summed E-state index contributed by atoms with van der Waals surface area (Å²) in [5.41, 5.74) is -0.828. The van der Waals surface area contributed by atoms with E-state index in [1.807, 2.05) is 0 Å². The number of hydrogen-bond donors (Lipinski definition) is 0. The molecule has 0 spiro atoms. The summed E-state index contributed by atoms with van der Waals surface area (Å²) in [6.45, 7) is -0.249. The van der Waals surface area contributed by atoms with Gasteiger partial charge in [0.15, 0.2) is 5.82 Å². The van der Waals surface area contributed by atoms with E-state index in [0.29, 0.717) is 0 Å². The van der Waals surface area contributed by atoms with Crippen LogP contribution in [0.1, 0.15) is 16.8 Å². The van der Waals surface area contributed by atoms with Crippen LogP contribution in [0.3, 0.4) is 0 Å². The van der Waals surface area contributed by atoms with E-state index < -0.39 is 23.5 Å². The molecule has 0 saturated carbocycles. The zero-order chi connectivity index (χ0) is 14.0. The second-order valence-electron chi connectivity index (χ2n) is 4.08. The highest BCUT2D eigenvalue weighted by molar-refractivity contribution is 5.94. The highest BCUT2D eigenvalue weighted by atomic mass is 19.4. The van der Waals surface area contributed by atoms with E-state index in [0.717, 1.165) is 12.3 Å². The summed E-state index contributed by atoms with van der Waals surface area (Å²) in [5.74, 6) is -1.41. The van der Waals surface area contributed by atoms with E-state index in [9.17, 15) is 22.4 Å². The highest BCUT2D eigenvalue weighted by Gasteiger charge is 2.35. The highest BCUT2D eigenvalue weighted by Crippen LogP contribution is 2.30. The van der Waals surface area contributed by atoms with E-state index in [4.69, 9.17) is 0 Å².